The number of piperidine rings is 1. The molecule has 2 fully saturated rings. The summed E-state index contributed by atoms with van der Waals surface area (Å²) in [6, 6.07) is 0. The van der Waals surface area contributed by atoms with Crippen molar-refractivity contribution in [2.75, 3.05) is 0 Å². The van der Waals surface area contributed by atoms with E-state index in [2.05, 4.69) is 38.3 Å². The van der Waals surface area contributed by atoms with E-state index in [1.54, 1.807) is 0 Å². The Balaban J connectivity index is 2.31. The third-order valence-corrected chi connectivity index (χ3v) is 3.28. The number of ether oxygens (including phenoxy) is 1. The lowest BCUT2D eigenvalue weighted by Gasteiger charge is -2.49. The summed E-state index contributed by atoms with van der Waals surface area (Å²) >= 11 is 0. The second-order valence-electron chi connectivity index (χ2n) is 6.47. The van der Waals surface area contributed by atoms with Gasteiger partial charge in [-0.2, -0.15) is 0 Å². The quantitative estimate of drug-likeness (QED) is 0.651. The summed E-state index contributed by atoms with van der Waals surface area (Å²) in [4.78, 5) is 12.1. The number of carbonyl (C=O) groups is 1. The molecule has 0 bridgehead atoms. The van der Waals surface area contributed by atoms with Gasteiger partial charge < -0.3 is 15.4 Å². The maximum absolute atomic E-state index is 12.1. The van der Waals surface area contributed by atoms with E-state index in [1.165, 1.54) is 0 Å². The van der Waals surface area contributed by atoms with E-state index >= 15 is 0 Å². The minimum absolute atomic E-state index is 0.0441. The predicted octanol–water partition coefficient (Wildman–Crippen LogP) is 1.16. The van der Waals surface area contributed by atoms with Crippen LogP contribution in [-0.2, 0) is 9.53 Å². The first-order valence-electron chi connectivity index (χ1n) is 5.92. The predicted molar refractivity (Wildman–Crippen MR) is 61.9 cm³/mol. The van der Waals surface area contributed by atoms with Crippen molar-refractivity contribution in [3.8, 4) is 0 Å². The van der Waals surface area contributed by atoms with Crippen LogP contribution < -0.4 is 10.6 Å². The van der Waals surface area contributed by atoms with Crippen molar-refractivity contribution in [2.24, 2.45) is 0 Å². The second-order valence-corrected chi connectivity index (χ2v) is 6.47. The minimum atomic E-state index is -0.641. The van der Waals surface area contributed by atoms with Gasteiger partial charge in [0.1, 0.15) is 6.23 Å². The van der Waals surface area contributed by atoms with Gasteiger partial charge in [0.2, 0.25) is 0 Å². The maximum Gasteiger partial charge on any atom is 0.254 e. The Morgan fingerprint density at radius 2 is 1.69 bits per heavy atom. The van der Waals surface area contributed by atoms with E-state index in [0.29, 0.717) is 0 Å². The highest BCUT2D eigenvalue weighted by Gasteiger charge is 2.56. The number of rotatable bonds is 0. The fraction of sp³-hybridized carbons (Fsp3) is 0.917. The van der Waals surface area contributed by atoms with E-state index in [1.807, 2.05) is 6.92 Å². The van der Waals surface area contributed by atoms with Gasteiger partial charge in [0.05, 0.1) is 0 Å². The van der Waals surface area contributed by atoms with Crippen LogP contribution in [0.2, 0.25) is 0 Å². The number of nitrogens with one attached hydrogen (secondary N) is 2. The molecule has 2 aliphatic rings. The first-order chi connectivity index (χ1) is 7.14. The van der Waals surface area contributed by atoms with Gasteiger partial charge in [0.25, 0.3) is 5.91 Å². The lowest BCUT2D eigenvalue weighted by Crippen LogP contribution is -2.65. The molecule has 0 saturated carbocycles. The summed E-state index contributed by atoms with van der Waals surface area (Å²) < 4.78 is 5.87. The number of hydrogen-bond donors (Lipinski definition) is 2. The van der Waals surface area contributed by atoms with Gasteiger partial charge in [0, 0.05) is 23.9 Å². The molecule has 0 radical (unpaired) electrons. The zero-order chi connectivity index (χ0) is 12.2. The van der Waals surface area contributed by atoms with Crippen LogP contribution in [0.3, 0.4) is 0 Å². The average Bonchev–Trinajstić information content (AvgIpc) is 2.17. The van der Waals surface area contributed by atoms with E-state index < -0.39 is 5.60 Å². The maximum atomic E-state index is 12.1. The van der Waals surface area contributed by atoms with Crippen LogP contribution in [0.15, 0.2) is 0 Å². The van der Waals surface area contributed by atoms with E-state index in [9.17, 15) is 4.79 Å². The smallest absolute Gasteiger partial charge is 0.254 e. The molecule has 2 saturated heterocycles. The molecule has 1 unspecified atom stereocenters. The molecule has 16 heavy (non-hydrogen) atoms. The van der Waals surface area contributed by atoms with Crippen molar-refractivity contribution in [3.63, 3.8) is 0 Å². The molecule has 0 aromatic heterocycles. The van der Waals surface area contributed by atoms with Crippen molar-refractivity contribution in [1.29, 1.82) is 0 Å². The van der Waals surface area contributed by atoms with Crippen LogP contribution in [0.4, 0.5) is 0 Å². The summed E-state index contributed by atoms with van der Waals surface area (Å²) in [6.45, 7) is 10.4. The standard InChI is InChI=1S/C12H22N2O2/c1-8-13-9(15)12(16-8)6-10(2,3)14-11(4,5)7-12/h8,14H,6-7H2,1-5H3,(H,13,15). The minimum Gasteiger partial charge on any atom is -0.342 e. The molecule has 0 aromatic rings. The monoisotopic (exact) mass is 226 g/mol. The van der Waals surface area contributed by atoms with Crippen LogP contribution in [0, 0.1) is 0 Å². The molecule has 2 aliphatic heterocycles. The molecule has 4 nitrogen and oxygen atoms in total. The van der Waals surface area contributed by atoms with Gasteiger partial charge in [-0.05, 0) is 34.6 Å². The fourth-order valence-electron chi connectivity index (χ4n) is 3.48. The highest BCUT2D eigenvalue weighted by molar-refractivity contribution is 5.87. The van der Waals surface area contributed by atoms with Gasteiger partial charge in [-0.25, -0.2) is 0 Å². The number of hydrogen-bond acceptors (Lipinski definition) is 3. The molecular formula is C12H22N2O2. The Morgan fingerprint density at radius 1 is 1.19 bits per heavy atom. The molecular weight excluding hydrogens is 204 g/mol. The summed E-state index contributed by atoms with van der Waals surface area (Å²) in [5.41, 5.74) is -0.802. The summed E-state index contributed by atoms with van der Waals surface area (Å²) in [6.07, 6.45) is 1.27. The summed E-state index contributed by atoms with van der Waals surface area (Å²) in [5, 5.41) is 6.42. The topological polar surface area (TPSA) is 50.4 Å². The average molecular weight is 226 g/mol. The molecule has 92 valence electrons. The molecule has 2 heterocycles. The van der Waals surface area contributed by atoms with Crippen molar-refractivity contribution < 1.29 is 9.53 Å². The van der Waals surface area contributed by atoms with Crippen LogP contribution >= 0.6 is 0 Å². The molecule has 2 rings (SSSR count). The van der Waals surface area contributed by atoms with Crippen LogP contribution in [-0.4, -0.2) is 28.8 Å². The molecule has 2 N–H and O–H groups in total. The third kappa shape index (κ3) is 1.96. The fourth-order valence-corrected chi connectivity index (χ4v) is 3.48. The zero-order valence-corrected chi connectivity index (χ0v) is 10.8. The SMILES string of the molecule is CC1NC(=O)C2(CC(C)(C)NC(C)(C)C2)O1. The lowest BCUT2D eigenvalue weighted by atomic mass is 9.72. The summed E-state index contributed by atoms with van der Waals surface area (Å²) in [5.74, 6) is 0.0441. The van der Waals surface area contributed by atoms with Gasteiger partial charge >= 0.3 is 0 Å². The molecule has 4 heteroatoms. The normalized spacial score (nSPS) is 35.1. The molecule has 1 amide bonds. The van der Waals surface area contributed by atoms with E-state index in [-0.39, 0.29) is 23.2 Å². The van der Waals surface area contributed by atoms with Crippen molar-refractivity contribution >= 4 is 5.91 Å². The molecule has 0 aliphatic carbocycles. The number of amides is 1. The van der Waals surface area contributed by atoms with Crippen molar-refractivity contribution in [1.82, 2.24) is 10.6 Å². The Bertz CT molecular complexity index is 307. The molecule has 1 spiro atoms. The first-order valence-corrected chi connectivity index (χ1v) is 5.92. The Kier molecular flexibility index (Phi) is 2.37. The van der Waals surface area contributed by atoms with Gasteiger partial charge in [0.15, 0.2) is 5.60 Å². The number of carbonyl (C=O) groups excluding carboxylic acids is 1. The first kappa shape index (κ1) is 11.9. The lowest BCUT2D eigenvalue weighted by molar-refractivity contribution is -0.145. The van der Waals surface area contributed by atoms with Crippen molar-refractivity contribution in [3.05, 3.63) is 0 Å². The highest BCUT2D eigenvalue weighted by Crippen LogP contribution is 2.41. The van der Waals surface area contributed by atoms with E-state index in [4.69, 9.17) is 4.74 Å². The van der Waals surface area contributed by atoms with Crippen LogP contribution in [0.5, 0.6) is 0 Å². The largest absolute Gasteiger partial charge is 0.342 e. The van der Waals surface area contributed by atoms with E-state index in [0.717, 1.165) is 12.8 Å². The Morgan fingerprint density at radius 3 is 2.06 bits per heavy atom. The van der Waals surface area contributed by atoms with Gasteiger partial charge in [-0.15, -0.1) is 0 Å². The van der Waals surface area contributed by atoms with Crippen LogP contribution in [0.25, 0.3) is 0 Å². The summed E-state index contributed by atoms with van der Waals surface area (Å²) in [7, 11) is 0. The Labute approximate surface area is 97.1 Å². The van der Waals surface area contributed by atoms with Gasteiger partial charge in [-0.1, -0.05) is 0 Å². The zero-order valence-electron chi connectivity index (χ0n) is 10.8. The molecule has 0 aromatic carbocycles. The third-order valence-electron chi connectivity index (χ3n) is 3.28. The Hall–Kier alpha value is -0.610. The van der Waals surface area contributed by atoms with Crippen LogP contribution in [0.1, 0.15) is 47.5 Å². The van der Waals surface area contributed by atoms with Gasteiger partial charge in [-0.3, -0.25) is 4.79 Å². The second kappa shape index (κ2) is 3.20. The van der Waals surface area contributed by atoms with Crippen molar-refractivity contribution in [2.45, 2.75) is 70.4 Å². The molecule has 1 atom stereocenters. The highest BCUT2D eigenvalue weighted by atomic mass is 16.5.